The van der Waals surface area contributed by atoms with Crippen LogP contribution in [0, 0.1) is 24.7 Å². The highest BCUT2D eigenvalue weighted by Crippen LogP contribution is 2.44. The highest BCUT2D eigenvalue weighted by molar-refractivity contribution is 7.89. The van der Waals surface area contributed by atoms with Crippen molar-refractivity contribution < 1.29 is 17.9 Å². The summed E-state index contributed by atoms with van der Waals surface area (Å²) in [4.78, 5) is 15.0. The molecule has 1 N–H and O–H groups in total. The van der Waals surface area contributed by atoms with E-state index in [1.54, 1.807) is 32.9 Å². The van der Waals surface area contributed by atoms with Crippen LogP contribution in [-0.4, -0.2) is 25.7 Å². The molecule has 3 rings (SSSR count). The fourth-order valence-electron chi connectivity index (χ4n) is 3.58. The Morgan fingerprint density at radius 1 is 1.15 bits per heavy atom. The topological polar surface area (TPSA) is 84.8 Å². The van der Waals surface area contributed by atoms with Gasteiger partial charge in [0.2, 0.25) is 0 Å². The summed E-state index contributed by atoms with van der Waals surface area (Å²) in [6.45, 7) is 7.21. The van der Waals surface area contributed by atoms with Crippen LogP contribution in [0.5, 0.6) is 0 Å². The third-order valence-electron chi connectivity index (χ3n) is 4.86. The zero-order valence-corrected chi connectivity index (χ0v) is 16.9. The molecule has 0 saturated heterocycles. The number of aryl methyl sites for hydroxylation is 1. The normalized spacial score (nSPS) is 24.9. The molecule has 1 fully saturated rings. The van der Waals surface area contributed by atoms with Crippen molar-refractivity contribution in [3.63, 3.8) is 0 Å². The number of rotatable bonds is 5. The van der Waals surface area contributed by atoms with E-state index in [1.165, 1.54) is 12.1 Å². The van der Waals surface area contributed by atoms with Gasteiger partial charge in [0, 0.05) is 5.92 Å². The van der Waals surface area contributed by atoms with Gasteiger partial charge in [-0.1, -0.05) is 29.8 Å². The van der Waals surface area contributed by atoms with Gasteiger partial charge in [0.05, 0.1) is 4.90 Å². The first kappa shape index (κ1) is 19.6. The molecule has 2 aliphatic carbocycles. The maximum absolute atomic E-state index is 12.7. The maximum Gasteiger partial charge on any atom is 0.355 e. The van der Waals surface area contributed by atoms with E-state index < -0.39 is 21.6 Å². The van der Waals surface area contributed by atoms with Crippen molar-refractivity contribution in [1.82, 2.24) is 4.83 Å². The van der Waals surface area contributed by atoms with Crippen LogP contribution < -0.4 is 4.83 Å². The number of nitrogens with zero attached hydrogens (tertiary/aromatic N) is 1. The second kappa shape index (κ2) is 7.11. The van der Waals surface area contributed by atoms with E-state index in [0.29, 0.717) is 5.92 Å². The van der Waals surface area contributed by atoms with Crippen LogP contribution >= 0.6 is 0 Å². The molecular formula is C20H26N2O4S. The zero-order valence-electron chi connectivity index (χ0n) is 16.1. The van der Waals surface area contributed by atoms with Gasteiger partial charge in [-0.25, -0.2) is 4.79 Å². The molecule has 1 unspecified atom stereocenters. The summed E-state index contributed by atoms with van der Waals surface area (Å²) >= 11 is 0. The number of hydrogen-bond acceptors (Lipinski definition) is 5. The van der Waals surface area contributed by atoms with Crippen LogP contribution in [0.3, 0.4) is 0 Å². The van der Waals surface area contributed by atoms with Crippen LogP contribution in [0.15, 0.2) is 46.4 Å². The van der Waals surface area contributed by atoms with Crippen LogP contribution in [0.25, 0.3) is 0 Å². The number of sulfonamides is 1. The van der Waals surface area contributed by atoms with Gasteiger partial charge in [-0.3, -0.25) is 0 Å². The smallest absolute Gasteiger partial charge is 0.355 e. The third kappa shape index (κ3) is 4.58. The van der Waals surface area contributed by atoms with Crippen molar-refractivity contribution in [2.75, 3.05) is 0 Å². The number of hydrazone groups is 1. The summed E-state index contributed by atoms with van der Waals surface area (Å²) < 4.78 is 30.6. The van der Waals surface area contributed by atoms with E-state index in [4.69, 9.17) is 4.74 Å². The van der Waals surface area contributed by atoms with E-state index >= 15 is 0 Å². The number of benzene rings is 1. The summed E-state index contributed by atoms with van der Waals surface area (Å²) in [5, 5.41) is 4.05. The summed E-state index contributed by atoms with van der Waals surface area (Å²) in [5.41, 5.74) is 0.430. The van der Waals surface area contributed by atoms with E-state index in [-0.39, 0.29) is 22.4 Å². The minimum atomic E-state index is -3.86. The zero-order chi connectivity index (χ0) is 19.8. The number of hydrogen-bond donors (Lipinski definition) is 1. The highest BCUT2D eigenvalue weighted by Gasteiger charge is 2.42. The van der Waals surface area contributed by atoms with Crippen LogP contribution in [-0.2, 0) is 19.6 Å². The van der Waals surface area contributed by atoms with E-state index in [9.17, 15) is 13.2 Å². The lowest BCUT2D eigenvalue weighted by Gasteiger charge is -2.24. The summed E-state index contributed by atoms with van der Waals surface area (Å²) in [5.74, 6) is -0.0814. The Bertz CT molecular complexity index is 880. The number of esters is 1. The number of nitrogens with one attached hydrogen (secondary N) is 1. The van der Waals surface area contributed by atoms with Gasteiger partial charge in [-0.2, -0.15) is 18.4 Å². The van der Waals surface area contributed by atoms with Crippen molar-refractivity contribution in [3.8, 4) is 0 Å². The van der Waals surface area contributed by atoms with Crippen LogP contribution in [0.1, 0.15) is 39.2 Å². The van der Waals surface area contributed by atoms with Gasteiger partial charge in [0.15, 0.2) is 0 Å². The summed E-state index contributed by atoms with van der Waals surface area (Å²) in [7, 11) is -3.86. The largest absolute Gasteiger partial charge is 0.455 e. The summed E-state index contributed by atoms with van der Waals surface area (Å²) in [6.07, 6.45) is 6.00. The number of allylic oxidation sites excluding steroid dienone is 2. The molecule has 0 radical (unpaired) electrons. The lowest BCUT2D eigenvalue weighted by Crippen LogP contribution is -2.36. The van der Waals surface area contributed by atoms with E-state index in [0.717, 1.165) is 18.4 Å². The van der Waals surface area contributed by atoms with Gasteiger partial charge >= 0.3 is 5.97 Å². The standard InChI is InChI=1S/C20H26N2O4S/c1-13-5-9-16(10-6-13)27(24,25)22-21-18(19(23)26-20(2,3)4)17-12-14-7-8-15(17)11-14/h5-10,14-15,17,22H,11-12H2,1-4H3/b21-18+/t14-,15+,17?/m0/s1. The second-order valence-corrected chi connectivity index (χ2v) is 9.95. The first-order valence-electron chi connectivity index (χ1n) is 9.13. The summed E-state index contributed by atoms with van der Waals surface area (Å²) in [6, 6.07) is 6.46. The highest BCUT2D eigenvalue weighted by atomic mass is 32.2. The van der Waals surface area contributed by atoms with Crippen LogP contribution in [0.2, 0.25) is 0 Å². The minimum absolute atomic E-state index is 0.105. The molecule has 1 saturated carbocycles. The Hall–Kier alpha value is -2.15. The fourth-order valence-corrected chi connectivity index (χ4v) is 4.40. The molecule has 1 aromatic carbocycles. The molecule has 27 heavy (non-hydrogen) atoms. The Kier molecular flexibility index (Phi) is 5.16. The maximum atomic E-state index is 12.7. The Labute approximate surface area is 160 Å². The average Bonchev–Trinajstić information content (AvgIpc) is 3.17. The lowest BCUT2D eigenvalue weighted by molar-refractivity contribution is -0.146. The molecule has 0 amide bonds. The van der Waals surface area contributed by atoms with Crippen molar-refractivity contribution in [3.05, 3.63) is 42.0 Å². The van der Waals surface area contributed by atoms with Gasteiger partial charge < -0.3 is 4.74 Å². The number of fused-ring (bicyclic) bond motifs is 2. The Morgan fingerprint density at radius 2 is 1.81 bits per heavy atom. The molecule has 146 valence electrons. The monoisotopic (exact) mass is 390 g/mol. The lowest BCUT2D eigenvalue weighted by atomic mass is 9.89. The number of ether oxygens (including phenoxy) is 1. The SMILES string of the molecule is Cc1ccc(S(=O)(=O)N/N=C(/C(=O)OC(C)(C)C)C2C[C@H]3C=C[C@@H]2C3)cc1. The molecular weight excluding hydrogens is 364 g/mol. The molecule has 6 nitrogen and oxygen atoms in total. The Balaban J connectivity index is 1.86. The molecule has 7 heteroatoms. The molecule has 0 aromatic heterocycles. The molecule has 0 spiro atoms. The molecule has 2 bridgehead atoms. The number of carbonyl (C=O) groups is 1. The first-order valence-corrected chi connectivity index (χ1v) is 10.6. The molecule has 0 heterocycles. The first-order chi connectivity index (χ1) is 12.5. The quantitative estimate of drug-likeness (QED) is 0.362. The number of carbonyl (C=O) groups excluding carboxylic acids is 1. The third-order valence-corrected chi connectivity index (χ3v) is 6.08. The van der Waals surface area contributed by atoms with Crippen molar-refractivity contribution in [2.45, 2.75) is 51.0 Å². The van der Waals surface area contributed by atoms with Crippen LogP contribution in [0.4, 0.5) is 0 Å². The van der Waals surface area contributed by atoms with E-state index in [1.807, 2.05) is 6.92 Å². The van der Waals surface area contributed by atoms with Gasteiger partial charge in [-0.05, 0) is 64.5 Å². The fraction of sp³-hybridized carbons (Fsp3) is 0.500. The predicted octanol–water partition coefficient (Wildman–Crippen LogP) is 3.18. The van der Waals surface area contributed by atoms with Gasteiger partial charge in [0.25, 0.3) is 10.0 Å². The van der Waals surface area contributed by atoms with Crippen molar-refractivity contribution in [2.24, 2.45) is 22.9 Å². The van der Waals surface area contributed by atoms with Crippen molar-refractivity contribution in [1.29, 1.82) is 0 Å². The van der Waals surface area contributed by atoms with Gasteiger partial charge in [-0.15, -0.1) is 0 Å². The average molecular weight is 391 g/mol. The predicted molar refractivity (Wildman–Crippen MR) is 104 cm³/mol. The second-order valence-electron chi connectivity index (χ2n) is 8.29. The van der Waals surface area contributed by atoms with E-state index in [2.05, 4.69) is 22.1 Å². The molecule has 0 aliphatic heterocycles. The minimum Gasteiger partial charge on any atom is -0.455 e. The molecule has 1 aromatic rings. The Morgan fingerprint density at radius 3 is 2.33 bits per heavy atom. The molecule has 2 aliphatic rings. The van der Waals surface area contributed by atoms with Crippen molar-refractivity contribution >= 4 is 21.7 Å². The van der Waals surface area contributed by atoms with Gasteiger partial charge in [0.1, 0.15) is 11.3 Å². The molecule has 3 atom stereocenters.